The molecule has 1 aromatic heterocycles. The minimum atomic E-state index is -4.80. The number of carbonyl (C=O) groups is 4. The molecule has 70 heavy (non-hydrogen) atoms. The third kappa shape index (κ3) is 13.1. The second-order valence-corrected chi connectivity index (χ2v) is 20.0. The highest BCUT2D eigenvalue weighted by atomic mass is 32.1. The van der Waals surface area contributed by atoms with Gasteiger partial charge in [0, 0.05) is 58.0 Å². The van der Waals surface area contributed by atoms with Gasteiger partial charge in [-0.15, -0.1) is 11.3 Å². The highest BCUT2D eigenvalue weighted by Crippen LogP contribution is 2.40. The third-order valence-corrected chi connectivity index (χ3v) is 13.4. The van der Waals surface area contributed by atoms with Crippen LogP contribution >= 0.6 is 23.6 Å². The number of halogens is 3. The van der Waals surface area contributed by atoms with Crippen LogP contribution in [0.15, 0.2) is 72.2 Å². The number of carbonyl (C=O) groups excluding carboxylic acids is 4. The first-order valence-corrected chi connectivity index (χ1v) is 24.6. The molecule has 0 bridgehead atoms. The van der Waals surface area contributed by atoms with Gasteiger partial charge in [0.15, 0.2) is 5.11 Å². The van der Waals surface area contributed by atoms with Crippen LogP contribution in [0.1, 0.15) is 95.5 Å². The van der Waals surface area contributed by atoms with Gasteiger partial charge in [-0.3, -0.25) is 24.1 Å². The van der Waals surface area contributed by atoms with Crippen molar-refractivity contribution in [2.45, 2.75) is 110 Å². The number of nitriles is 1. The van der Waals surface area contributed by atoms with Crippen LogP contribution in [0, 0.1) is 23.7 Å². The van der Waals surface area contributed by atoms with Crippen LogP contribution in [0.3, 0.4) is 0 Å². The predicted molar refractivity (Wildman–Crippen MR) is 265 cm³/mol. The summed E-state index contributed by atoms with van der Waals surface area (Å²) >= 11 is 7.21. The average Bonchev–Trinajstić information content (AvgIpc) is 4.03. The van der Waals surface area contributed by atoms with Gasteiger partial charge in [0.25, 0.3) is 5.91 Å². The smallest absolute Gasteiger partial charge is 0.417 e. The van der Waals surface area contributed by atoms with Crippen molar-refractivity contribution < 1.29 is 46.6 Å². The van der Waals surface area contributed by atoms with Gasteiger partial charge in [-0.05, 0) is 118 Å². The number of benzene rings is 3. The van der Waals surface area contributed by atoms with E-state index in [0.29, 0.717) is 89.7 Å². The van der Waals surface area contributed by atoms with Gasteiger partial charge in [-0.25, -0.2) is 4.98 Å². The SMILES string of the molecule is Cc1ncsc1-c1ccc(CNC(=O)[C@@H]2CCCN2C(=O)C(NC(=O)CCCOCCCOCCCOc2ccc(N3C(=S)N(c4ccc(C#N)c(C(F)(F)F)c4)C(=O)C3(C)C)cc2)C(C)(C)C)cc1. The van der Waals surface area contributed by atoms with Crippen molar-refractivity contribution in [2.75, 3.05) is 49.4 Å². The minimum Gasteiger partial charge on any atom is -0.494 e. The Labute approximate surface area is 416 Å². The molecular formula is C51H60F3N7O7S2. The molecule has 2 aliphatic rings. The molecule has 2 atom stereocenters. The number of amides is 4. The van der Waals surface area contributed by atoms with Crippen molar-refractivity contribution in [1.29, 1.82) is 5.26 Å². The molecule has 2 fully saturated rings. The van der Waals surface area contributed by atoms with Crippen molar-refractivity contribution in [1.82, 2.24) is 20.5 Å². The molecule has 3 heterocycles. The van der Waals surface area contributed by atoms with Crippen LogP contribution in [0.25, 0.3) is 10.4 Å². The summed E-state index contributed by atoms with van der Waals surface area (Å²) < 4.78 is 58.4. The van der Waals surface area contributed by atoms with Gasteiger partial charge in [-0.2, -0.15) is 18.4 Å². The molecule has 2 aliphatic heterocycles. The van der Waals surface area contributed by atoms with E-state index in [1.807, 2.05) is 57.5 Å². The normalized spacial score (nSPS) is 16.3. The van der Waals surface area contributed by atoms with E-state index in [4.69, 9.17) is 26.4 Å². The Morgan fingerprint density at radius 3 is 2.20 bits per heavy atom. The van der Waals surface area contributed by atoms with E-state index in [0.717, 1.165) is 38.7 Å². The number of likely N-dealkylation sites (tertiary alicyclic amines) is 1. The number of thiazole rings is 1. The zero-order valence-electron chi connectivity index (χ0n) is 40.3. The standard InChI is InChI=1S/C51H60F3N7O7S2/c1-33-43(70-32-57-33)35-15-13-34(14-16-35)31-56-45(63)41-11-7-23-59(41)46(64)44(49(2,3)4)58-42(62)12-8-24-66-25-9-26-67-27-10-28-68-39-21-19-37(20-22-39)61-48(69)60(47(65)50(61,5)6)38-18-17-36(30-55)40(29-38)51(52,53)54/h13-22,29,32,41,44H,7-12,23-28,31H2,1-6H3,(H,56,63)(H,58,62)/t41-,44?/m0/s1. The van der Waals surface area contributed by atoms with E-state index in [-0.39, 0.29) is 34.9 Å². The van der Waals surface area contributed by atoms with E-state index in [1.54, 1.807) is 65.3 Å². The van der Waals surface area contributed by atoms with Crippen LogP contribution < -0.4 is 25.2 Å². The number of nitrogens with zero attached hydrogens (tertiary/aromatic N) is 5. The number of rotatable bonds is 21. The van der Waals surface area contributed by atoms with E-state index < -0.39 is 46.2 Å². The average molecular weight is 1000 g/mol. The molecule has 374 valence electrons. The minimum absolute atomic E-state index is 0.000106. The fourth-order valence-electron chi connectivity index (χ4n) is 8.31. The topological polar surface area (TPSA) is 166 Å². The van der Waals surface area contributed by atoms with Crippen molar-refractivity contribution in [3.8, 4) is 22.3 Å². The summed E-state index contributed by atoms with van der Waals surface area (Å²) in [5, 5.41) is 15.2. The largest absolute Gasteiger partial charge is 0.494 e. The lowest BCUT2D eigenvalue weighted by atomic mass is 9.85. The Bertz CT molecular complexity index is 2540. The Hall–Kier alpha value is -5.94. The first-order valence-electron chi connectivity index (χ1n) is 23.3. The lowest BCUT2D eigenvalue weighted by Gasteiger charge is -2.35. The summed E-state index contributed by atoms with van der Waals surface area (Å²) in [6.07, 6.45) is -1.62. The summed E-state index contributed by atoms with van der Waals surface area (Å²) in [5.74, 6) is -0.680. The molecule has 2 N–H and O–H groups in total. The second kappa shape index (κ2) is 23.3. The lowest BCUT2D eigenvalue weighted by Crippen LogP contribution is -2.57. The molecule has 3 aromatic carbocycles. The summed E-state index contributed by atoms with van der Waals surface area (Å²) in [5.41, 5.74) is 1.78. The monoisotopic (exact) mass is 1000 g/mol. The summed E-state index contributed by atoms with van der Waals surface area (Å²) in [7, 11) is 0. The fourth-order valence-corrected chi connectivity index (χ4v) is 9.65. The number of hydrogen-bond donors (Lipinski definition) is 2. The van der Waals surface area contributed by atoms with Gasteiger partial charge in [0.1, 0.15) is 23.4 Å². The molecular weight excluding hydrogens is 944 g/mol. The lowest BCUT2D eigenvalue weighted by molar-refractivity contribution is -0.144. The summed E-state index contributed by atoms with van der Waals surface area (Å²) in [6.45, 7) is 13.8. The Morgan fingerprint density at radius 1 is 0.943 bits per heavy atom. The van der Waals surface area contributed by atoms with Crippen LogP contribution in [0.2, 0.25) is 0 Å². The van der Waals surface area contributed by atoms with Crippen molar-refractivity contribution in [3.63, 3.8) is 0 Å². The quantitative estimate of drug-likeness (QED) is 0.0606. The number of hydrogen-bond acceptors (Lipinski definition) is 11. The number of nitrogens with one attached hydrogen (secondary N) is 2. The molecule has 4 amide bonds. The number of alkyl halides is 3. The van der Waals surface area contributed by atoms with Gasteiger partial charge >= 0.3 is 6.18 Å². The van der Waals surface area contributed by atoms with Crippen LogP contribution in [0.4, 0.5) is 24.5 Å². The number of thiocarbonyl (C=S) groups is 1. The Kier molecular flexibility index (Phi) is 17.8. The first-order chi connectivity index (χ1) is 33.2. The van der Waals surface area contributed by atoms with Crippen LogP contribution in [0.5, 0.6) is 5.75 Å². The van der Waals surface area contributed by atoms with Gasteiger partial charge in [-0.1, -0.05) is 45.0 Å². The molecule has 1 unspecified atom stereocenters. The van der Waals surface area contributed by atoms with Crippen molar-refractivity contribution in [3.05, 3.63) is 94.6 Å². The van der Waals surface area contributed by atoms with Gasteiger partial charge in [0.05, 0.1) is 45.6 Å². The van der Waals surface area contributed by atoms with Crippen LogP contribution in [-0.4, -0.2) is 95.8 Å². The van der Waals surface area contributed by atoms with E-state index in [1.165, 1.54) is 6.07 Å². The van der Waals surface area contributed by atoms with Crippen molar-refractivity contribution >= 4 is 63.7 Å². The highest BCUT2D eigenvalue weighted by molar-refractivity contribution is 7.81. The first kappa shape index (κ1) is 53.4. The predicted octanol–water partition coefficient (Wildman–Crippen LogP) is 8.74. The zero-order chi connectivity index (χ0) is 50.8. The molecule has 0 radical (unpaired) electrons. The highest BCUT2D eigenvalue weighted by Gasteiger charge is 2.51. The third-order valence-electron chi connectivity index (χ3n) is 12.1. The Balaban J connectivity index is 0.841. The fraction of sp³-hybridized carbons (Fsp3) is 0.471. The van der Waals surface area contributed by atoms with Gasteiger partial charge < -0.3 is 34.6 Å². The van der Waals surface area contributed by atoms with E-state index >= 15 is 0 Å². The van der Waals surface area contributed by atoms with E-state index in [2.05, 4.69) is 15.6 Å². The molecule has 6 rings (SSSR count). The Morgan fingerprint density at radius 2 is 1.59 bits per heavy atom. The zero-order valence-corrected chi connectivity index (χ0v) is 42.0. The van der Waals surface area contributed by atoms with Gasteiger partial charge in [0.2, 0.25) is 17.7 Å². The van der Waals surface area contributed by atoms with Crippen molar-refractivity contribution in [2.24, 2.45) is 5.41 Å². The molecule has 4 aromatic rings. The summed E-state index contributed by atoms with van der Waals surface area (Å²) in [6, 6.07) is 18.1. The maximum absolute atomic E-state index is 13.9. The molecule has 0 aliphatic carbocycles. The summed E-state index contributed by atoms with van der Waals surface area (Å²) in [4.78, 5) is 63.6. The molecule has 19 heteroatoms. The second-order valence-electron chi connectivity index (χ2n) is 18.8. The number of aromatic nitrogens is 1. The van der Waals surface area contributed by atoms with E-state index in [9.17, 15) is 37.6 Å². The molecule has 0 saturated carbocycles. The number of ether oxygens (including phenoxy) is 3. The number of anilines is 2. The molecule has 0 spiro atoms. The molecule has 2 saturated heterocycles. The maximum Gasteiger partial charge on any atom is 0.417 e. The molecule has 14 nitrogen and oxygen atoms in total. The maximum atomic E-state index is 13.9. The van der Waals surface area contributed by atoms with Crippen LogP contribution in [-0.2, 0) is 41.4 Å². The number of aryl methyl sites for hydroxylation is 1.